The van der Waals surface area contributed by atoms with Gasteiger partial charge in [-0.1, -0.05) is 152 Å². The summed E-state index contributed by atoms with van der Waals surface area (Å²) in [5, 5.41) is 0. The minimum atomic E-state index is -4.28. The second-order valence-electron chi connectivity index (χ2n) is 15.0. The van der Waals surface area contributed by atoms with E-state index >= 15 is 0 Å². The molecule has 0 saturated heterocycles. The second kappa shape index (κ2) is 37.1. The molecular formula is C44H81NO7P+. The van der Waals surface area contributed by atoms with Crippen molar-refractivity contribution in [3.05, 3.63) is 60.8 Å². The molecule has 308 valence electrons. The number of phosphoric acid groups is 1. The van der Waals surface area contributed by atoms with Crippen molar-refractivity contribution >= 4 is 13.8 Å². The van der Waals surface area contributed by atoms with Crippen LogP contribution < -0.4 is 0 Å². The lowest BCUT2D eigenvalue weighted by Gasteiger charge is -2.24. The number of carbonyl (C=O) groups is 1. The third-order valence-corrected chi connectivity index (χ3v) is 9.58. The van der Waals surface area contributed by atoms with E-state index in [2.05, 4.69) is 74.6 Å². The monoisotopic (exact) mass is 767 g/mol. The fraction of sp³-hybridized carbons (Fsp3) is 0.750. The molecule has 0 amide bonds. The zero-order valence-electron chi connectivity index (χ0n) is 34.7. The summed E-state index contributed by atoms with van der Waals surface area (Å²) in [7, 11) is 1.64. The number of nitrogens with zero attached hydrogens (tertiary/aromatic N) is 1. The molecule has 0 bridgehead atoms. The largest absolute Gasteiger partial charge is 0.472 e. The standard InChI is InChI=1S/C44H80NO7P/c1-6-8-10-12-14-16-18-20-21-22-23-24-25-26-27-29-31-33-35-37-44(46)52-43(42-51-53(47,48)50-40-38-45(3,4)5)41-49-39-36-34-32-30-28-19-17-15-13-11-9-7-2/h8,10,14,16,20-21,23-24,26-27,43H,6-7,9,11-13,15,17-19,22,25,28-42H2,1-5H3/p+1/b10-8-,16-14-,21-20-,24-23-,27-26-. The molecule has 0 aliphatic rings. The van der Waals surface area contributed by atoms with Crippen LogP contribution in [0.25, 0.3) is 0 Å². The van der Waals surface area contributed by atoms with Gasteiger partial charge in [-0.3, -0.25) is 13.8 Å². The van der Waals surface area contributed by atoms with Crippen molar-refractivity contribution in [2.45, 2.75) is 161 Å². The molecule has 2 atom stereocenters. The van der Waals surface area contributed by atoms with Gasteiger partial charge in [0.2, 0.25) is 0 Å². The van der Waals surface area contributed by atoms with Crippen LogP contribution in [-0.2, 0) is 27.9 Å². The van der Waals surface area contributed by atoms with E-state index < -0.39 is 13.9 Å². The molecule has 0 fully saturated rings. The fourth-order valence-corrected chi connectivity index (χ4v) is 6.08. The predicted octanol–water partition coefficient (Wildman–Crippen LogP) is 12.2. The second-order valence-corrected chi connectivity index (χ2v) is 16.4. The van der Waals surface area contributed by atoms with E-state index in [1.54, 1.807) is 0 Å². The molecule has 0 aromatic rings. The summed E-state index contributed by atoms with van der Waals surface area (Å²) in [6, 6.07) is 0. The Morgan fingerprint density at radius 2 is 1.09 bits per heavy atom. The van der Waals surface area contributed by atoms with Gasteiger partial charge in [-0.25, -0.2) is 4.57 Å². The summed E-state index contributed by atoms with van der Waals surface area (Å²) >= 11 is 0. The fourth-order valence-electron chi connectivity index (χ4n) is 5.34. The molecule has 0 aliphatic carbocycles. The van der Waals surface area contributed by atoms with Gasteiger partial charge in [0.05, 0.1) is 34.4 Å². The molecule has 1 N–H and O–H groups in total. The normalized spacial score (nSPS) is 14.5. The number of esters is 1. The molecule has 9 heteroatoms. The maximum atomic E-state index is 12.7. The smallest absolute Gasteiger partial charge is 0.457 e. The van der Waals surface area contributed by atoms with Crippen LogP contribution in [0.1, 0.15) is 155 Å². The number of hydrogen-bond acceptors (Lipinski definition) is 6. The van der Waals surface area contributed by atoms with Crippen molar-refractivity contribution in [2.75, 3.05) is 54.1 Å². The van der Waals surface area contributed by atoms with Gasteiger partial charge in [0.25, 0.3) is 0 Å². The van der Waals surface area contributed by atoms with Crippen LogP contribution >= 0.6 is 7.82 Å². The topological polar surface area (TPSA) is 91.3 Å². The first kappa shape index (κ1) is 51.2. The van der Waals surface area contributed by atoms with Crippen LogP contribution in [-0.4, -0.2) is 75.6 Å². The number of phosphoric ester groups is 1. The Kier molecular flexibility index (Phi) is 35.9. The molecule has 0 aliphatic heterocycles. The zero-order chi connectivity index (χ0) is 39.1. The van der Waals surface area contributed by atoms with Crippen molar-refractivity contribution in [3.8, 4) is 0 Å². The van der Waals surface area contributed by atoms with E-state index in [9.17, 15) is 14.3 Å². The van der Waals surface area contributed by atoms with Crippen molar-refractivity contribution in [2.24, 2.45) is 0 Å². The highest BCUT2D eigenvalue weighted by Crippen LogP contribution is 2.43. The lowest BCUT2D eigenvalue weighted by molar-refractivity contribution is -0.870. The number of quaternary nitrogens is 1. The SMILES string of the molecule is CC/C=C\C/C=C\C/C=C\C/C=C\C/C=C\CCCCCC(=O)OC(COCCCCCCCCCCCCCC)COP(=O)(O)OCC[N+](C)(C)C. The molecule has 0 radical (unpaired) electrons. The van der Waals surface area contributed by atoms with Crippen LogP contribution in [0.5, 0.6) is 0 Å². The lowest BCUT2D eigenvalue weighted by atomic mass is 10.1. The Morgan fingerprint density at radius 3 is 1.62 bits per heavy atom. The van der Waals surface area contributed by atoms with Gasteiger partial charge in [-0.2, -0.15) is 0 Å². The van der Waals surface area contributed by atoms with Crippen LogP contribution in [0, 0.1) is 0 Å². The Balaban J connectivity index is 4.33. The van der Waals surface area contributed by atoms with E-state index in [1.807, 2.05) is 21.1 Å². The maximum Gasteiger partial charge on any atom is 0.472 e. The Labute approximate surface area is 326 Å². The van der Waals surface area contributed by atoms with Gasteiger partial charge >= 0.3 is 13.8 Å². The van der Waals surface area contributed by atoms with Crippen LogP contribution in [0.4, 0.5) is 0 Å². The van der Waals surface area contributed by atoms with Gasteiger partial charge in [0.1, 0.15) is 19.3 Å². The number of unbranched alkanes of at least 4 members (excludes halogenated alkanes) is 14. The Hall–Kier alpha value is -1.80. The Morgan fingerprint density at radius 1 is 0.604 bits per heavy atom. The van der Waals surface area contributed by atoms with Crippen LogP contribution in [0.15, 0.2) is 60.8 Å². The number of rotatable bonds is 38. The van der Waals surface area contributed by atoms with Gasteiger partial charge < -0.3 is 18.9 Å². The summed E-state index contributed by atoms with van der Waals surface area (Å²) in [6.07, 6.45) is 45.3. The average Bonchev–Trinajstić information content (AvgIpc) is 3.11. The zero-order valence-corrected chi connectivity index (χ0v) is 35.6. The van der Waals surface area contributed by atoms with Crippen LogP contribution in [0.2, 0.25) is 0 Å². The van der Waals surface area contributed by atoms with Gasteiger partial charge in [0, 0.05) is 13.0 Å². The number of hydrogen-bond donors (Lipinski definition) is 1. The van der Waals surface area contributed by atoms with E-state index in [1.165, 1.54) is 64.2 Å². The molecule has 53 heavy (non-hydrogen) atoms. The first-order chi connectivity index (χ1) is 25.6. The number of ether oxygens (including phenoxy) is 2. The van der Waals surface area contributed by atoms with Gasteiger partial charge in [-0.05, 0) is 57.8 Å². The molecule has 0 aromatic carbocycles. The molecule has 0 rings (SSSR count). The maximum absolute atomic E-state index is 12.7. The molecule has 0 heterocycles. The minimum absolute atomic E-state index is 0.0802. The molecule has 0 aromatic heterocycles. The van der Waals surface area contributed by atoms with E-state index in [4.69, 9.17) is 18.5 Å². The van der Waals surface area contributed by atoms with Gasteiger partial charge in [0.15, 0.2) is 0 Å². The predicted molar refractivity (Wildman–Crippen MR) is 224 cm³/mol. The van der Waals surface area contributed by atoms with Crippen molar-refractivity contribution in [1.82, 2.24) is 0 Å². The van der Waals surface area contributed by atoms with Gasteiger partial charge in [-0.15, -0.1) is 0 Å². The highest BCUT2D eigenvalue weighted by molar-refractivity contribution is 7.47. The van der Waals surface area contributed by atoms with Crippen LogP contribution in [0.3, 0.4) is 0 Å². The van der Waals surface area contributed by atoms with E-state index in [0.717, 1.165) is 70.6 Å². The van der Waals surface area contributed by atoms with E-state index in [-0.39, 0.29) is 32.2 Å². The average molecular weight is 767 g/mol. The number of carbonyl (C=O) groups excluding carboxylic acids is 1. The van der Waals surface area contributed by atoms with Crippen molar-refractivity contribution < 1.29 is 37.3 Å². The third kappa shape index (κ3) is 41.2. The lowest BCUT2D eigenvalue weighted by Crippen LogP contribution is -2.37. The number of allylic oxidation sites excluding steroid dienone is 10. The molecule has 0 spiro atoms. The summed E-state index contributed by atoms with van der Waals surface area (Å²) in [6.45, 7) is 5.45. The minimum Gasteiger partial charge on any atom is -0.457 e. The quantitative estimate of drug-likeness (QED) is 0.0220. The Bertz CT molecular complexity index is 1030. The highest BCUT2D eigenvalue weighted by Gasteiger charge is 2.26. The summed E-state index contributed by atoms with van der Waals surface area (Å²) in [5.74, 6) is -0.346. The summed E-state index contributed by atoms with van der Waals surface area (Å²) in [4.78, 5) is 22.8. The van der Waals surface area contributed by atoms with E-state index in [0.29, 0.717) is 17.6 Å². The number of likely N-dealkylation sites (N-methyl/N-ethyl adjacent to an activating group) is 1. The first-order valence-corrected chi connectivity index (χ1v) is 22.5. The van der Waals surface area contributed by atoms with Crippen molar-refractivity contribution in [3.63, 3.8) is 0 Å². The first-order valence-electron chi connectivity index (χ1n) is 21.0. The van der Waals surface area contributed by atoms with Crippen molar-refractivity contribution in [1.29, 1.82) is 0 Å². The summed E-state index contributed by atoms with van der Waals surface area (Å²) < 4.78 is 34.9. The highest BCUT2D eigenvalue weighted by atomic mass is 31.2. The molecule has 8 nitrogen and oxygen atoms in total. The third-order valence-electron chi connectivity index (χ3n) is 8.59. The summed E-state index contributed by atoms with van der Waals surface area (Å²) in [5.41, 5.74) is 0. The molecule has 0 saturated carbocycles. The molecule has 2 unspecified atom stereocenters. The molecular weight excluding hydrogens is 685 g/mol.